The van der Waals surface area contributed by atoms with Crippen LogP contribution in [0.4, 0.5) is 4.39 Å². The zero-order chi connectivity index (χ0) is 15.4. The molecular formula is C16H23ClFN3OS. The van der Waals surface area contributed by atoms with Gasteiger partial charge >= 0.3 is 0 Å². The quantitative estimate of drug-likeness (QED) is 0.832. The lowest BCUT2D eigenvalue weighted by atomic mass is 10.2. The van der Waals surface area contributed by atoms with Crippen LogP contribution in [-0.4, -0.2) is 66.8 Å². The Morgan fingerprint density at radius 3 is 2.61 bits per heavy atom. The van der Waals surface area contributed by atoms with E-state index in [0.717, 1.165) is 50.6 Å². The number of thioether (sulfide) groups is 1. The van der Waals surface area contributed by atoms with Crippen molar-refractivity contribution in [1.29, 1.82) is 0 Å². The fourth-order valence-electron chi connectivity index (χ4n) is 3.08. The smallest absolute Gasteiger partial charge is 0.232 e. The Labute approximate surface area is 147 Å². The molecule has 2 saturated heterocycles. The maximum atomic E-state index is 12.9. The third-order valence-electron chi connectivity index (χ3n) is 4.36. The highest BCUT2D eigenvalue weighted by atomic mass is 35.5. The van der Waals surface area contributed by atoms with E-state index in [9.17, 15) is 9.18 Å². The molecule has 2 heterocycles. The van der Waals surface area contributed by atoms with Crippen LogP contribution in [-0.2, 0) is 4.79 Å². The largest absolute Gasteiger partial charge is 0.340 e. The third kappa shape index (κ3) is 5.08. The van der Waals surface area contributed by atoms with Crippen LogP contribution in [0.15, 0.2) is 29.2 Å². The summed E-state index contributed by atoms with van der Waals surface area (Å²) in [7, 11) is 0. The summed E-state index contributed by atoms with van der Waals surface area (Å²) in [5, 5.41) is 3.36. The van der Waals surface area contributed by atoms with Crippen LogP contribution in [0.3, 0.4) is 0 Å². The van der Waals surface area contributed by atoms with E-state index in [2.05, 4.69) is 10.2 Å². The molecule has 1 amide bonds. The first kappa shape index (κ1) is 18.5. The molecule has 0 saturated carbocycles. The number of nitrogens with zero attached hydrogens (tertiary/aromatic N) is 2. The number of carbonyl (C=O) groups is 1. The molecule has 7 heteroatoms. The van der Waals surface area contributed by atoms with Gasteiger partial charge in [-0.2, -0.15) is 0 Å². The monoisotopic (exact) mass is 359 g/mol. The van der Waals surface area contributed by atoms with Gasteiger partial charge in [-0.25, -0.2) is 4.39 Å². The molecule has 0 radical (unpaired) electrons. The molecule has 3 rings (SSSR count). The van der Waals surface area contributed by atoms with E-state index in [1.165, 1.54) is 23.9 Å². The first-order valence-electron chi connectivity index (χ1n) is 7.83. The summed E-state index contributed by atoms with van der Waals surface area (Å²) in [4.78, 5) is 17.7. The molecule has 1 unspecified atom stereocenters. The lowest BCUT2D eigenvalue weighted by Gasteiger charge is -2.32. The second kappa shape index (κ2) is 8.87. The van der Waals surface area contributed by atoms with Crippen LogP contribution < -0.4 is 5.32 Å². The zero-order valence-corrected chi connectivity index (χ0v) is 14.7. The van der Waals surface area contributed by atoms with E-state index < -0.39 is 0 Å². The predicted molar refractivity (Wildman–Crippen MR) is 93.8 cm³/mol. The van der Waals surface area contributed by atoms with Gasteiger partial charge in [-0.15, -0.1) is 24.2 Å². The minimum atomic E-state index is -0.242. The van der Waals surface area contributed by atoms with E-state index in [4.69, 9.17) is 0 Å². The Morgan fingerprint density at radius 1 is 1.22 bits per heavy atom. The normalized spacial score (nSPS) is 22.0. The predicted octanol–water partition coefficient (Wildman–Crippen LogP) is 1.85. The second-order valence-electron chi connectivity index (χ2n) is 5.81. The van der Waals surface area contributed by atoms with Crippen molar-refractivity contribution >= 4 is 30.1 Å². The van der Waals surface area contributed by atoms with Gasteiger partial charge in [0.25, 0.3) is 0 Å². The average molecular weight is 360 g/mol. The van der Waals surface area contributed by atoms with Gasteiger partial charge < -0.3 is 10.2 Å². The molecule has 0 aliphatic carbocycles. The standard InChI is InChI=1S/C16H22FN3OS.ClH/c17-13-1-3-15(4-2-13)22-12-16(21)20-8-5-14(11-20)19-9-6-18-7-10-19;/h1-4,14,18H,5-12H2;1H. The van der Waals surface area contributed by atoms with Crippen LogP contribution in [0.5, 0.6) is 0 Å². The summed E-state index contributed by atoms with van der Waals surface area (Å²) in [5.41, 5.74) is 0. The molecule has 0 aromatic heterocycles. The molecule has 2 aliphatic rings. The van der Waals surface area contributed by atoms with Crippen molar-refractivity contribution in [2.24, 2.45) is 0 Å². The van der Waals surface area contributed by atoms with Crippen molar-refractivity contribution < 1.29 is 9.18 Å². The third-order valence-corrected chi connectivity index (χ3v) is 5.36. The molecule has 1 aromatic carbocycles. The Kier molecular flexibility index (Phi) is 7.14. The Bertz CT molecular complexity index is 511. The van der Waals surface area contributed by atoms with E-state index in [-0.39, 0.29) is 24.1 Å². The number of benzene rings is 1. The Hall–Kier alpha value is -0.820. The van der Waals surface area contributed by atoms with E-state index >= 15 is 0 Å². The highest BCUT2D eigenvalue weighted by molar-refractivity contribution is 8.00. The fraction of sp³-hybridized carbons (Fsp3) is 0.562. The minimum absolute atomic E-state index is 0. The maximum absolute atomic E-state index is 12.9. The number of hydrogen-bond donors (Lipinski definition) is 1. The highest BCUT2D eigenvalue weighted by Gasteiger charge is 2.30. The number of carbonyl (C=O) groups excluding carboxylic acids is 1. The summed E-state index contributed by atoms with van der Waals surface area (Å²) in [6.07, 6.45) is 1.08. The van der Waals surface area contributed by atoms with Gasteiger partial charge in [0, 0.05) is 50.2 Å². The van der Waals surface area contributed by atoms with Crippen molar-refractivity contribution in [2.45, 2.75) is 17.4 Å². The first-order chi connectivity index (χ1) is 10.7. The molecular weight excluding hydrogens is 337 g/mol. The van der Waals surface area contributed by atoms with Gasteiger partial charge in [0.1, 0.15) is 5.82 Å². The number of piperazine rings is 1. The maximum Gasteiger partial charge on any atom is 0.232 e. The van der Waals surface area contributed by atoms with Gasteiger partial charge in [0.2, 0.25) is 5.91 Å². The summed E-state index contributed by atoms with van der Waals surface area (Å²) in [5.74, 6) is 0.376. The summed E-state index contributed by atoms with van der Waals surface area (Å²) in [6.45, 7) is 5.96. The van der Waals surface area contributed by atoms with Gasteiger partial charge in [-0.3, -0.25) is 9.69 Å². The lowest BCUT2D eigenvalue weighted by Crippen LogP contribution is -2.49. The number of halogens is 2. The molecule has 0 bridgehead atoms. The molecule has 1 atom stereocenters. The summed E-state index contributed by atoms with van der Waals surface area (Å²) >= 11 is 1.48. The number of nitrogens with one attached hydrogen (secondary N) is 1. The number of hydrogen-bond acceptors (Lipinski definition) is 4. The molecule has 23 heavy (non-hydrogen) atoms. The number of likely N-dealkylation sites (tertiary alicyclic amines) is 1. The molecule has 2 aliphatic heterocycles. The fourth-order valence-corrected chi connectivity index (χ4v) is 3.88. The van der Waals surface area contributed by atoms with Gasteiger partial charge in [-0.1, -0.05) is 0 Å². The van der Waals surface area contributed by atoms with Crippen LogP contribution in [0.25, 0.3) is 0 Å². The molecule has 2 fully saturated rings. The van der Waals surface area contributed by atoms with Crippen LogP contribution in [0, 0.1) is 5.82 Å². The first-order valence-corrected chi connectivity index (χ1v) is 8.82. The summed E-state index contributed by atoms with van der Waals surface area (Å²) < 4.78 is 12.9. The molecule has 1 N–H and O–H groups in total. The summed E-state index contributed by atoms with van der Waals surface area (Å²) in [6, 6.07) is 6.83. The number of rotatable bonds is 4. The second-order valence-corrected chi connectivity index (χ2v) is 6.86. The van der Waals surface area contributed by atoms with Crippen LogP contribution >= 0.6 is 24.2 Å². The Morgan fingerprint density at radius 2 is 1.91 bits per heavy atom. The topological polar surface area (TPSA) is 35.6 Å². The van der Waals surface area contributed by atoms with Crippen molar-refractivity contribution in [1.82, 2.24) is 15.1 Å². The van der Waals surface area contributed by atoms with E-state index in [1.54, 1.807) is 12.1 Å². The van der Waals surface area contributed by atoms with Crippen molar-refractivity contribution in [3.05, 3.63) is 30.1 Å². The van der Waals surface area contributed by atoms with Crippen LogP contribution in [0.1, 0.15) is 6.42 Å². The molecule has 1 aromatic rings. The highest BCUT2D eigenvalue weighted by Crippen LogP contribution is 2.21. The lowest BCUT2D eigenvalue weighted by molar-refractivity contribution is -0.127. The molecule has 128 valence electrons. The number of amides is 1. The van der Waals surface area contributed by atoms with Gasteiger partial charge in [-0.05, 0) is 30.7 Å². The molecule has 4 nitrogen and oxygen atoms in total. The van der Waals surface area contributed by atoms with Gasteiger partial charge in [0.15, 0.2) is 0 Å². The Balaban J connectivity index is 0.00000192. The van der Waals surface area contributed by atoms with Gasteiger partial charge in [0.05, 0.1) is 5.75 Å². The van der Waals surface area contributed by atoms with Crippen LogP contribution in [0.2, 0.25) is 0 Å². The molecule has 0 spiro atoms. The SMILES string of the molecule is Cl.O=C(CSc1ccc(F)cc1)N1CCC(N2CCNCC2)C1. The van der Waals surface area contributed by atoms with Crippen molar-refractivity contribution in [2.75, 3.05) is 45.0 Å². The zero-order valence-electron chi connectivity index (χ0n) is 13.0. The van der Waals surface area contributed by atoms with Crippen molar-refractivity contribution in [3.63, 3.8) is 0 Å². The average Bonchev–Trinajstić information content (AvgIpc) is 3.05. The van der Waals surface area contributed by atoms with Crippen molar-refractivity contribution in [3.8, 4) is 0 Å². The minimum Gasteiger partial charge on any atom is -0.340 e. The van der Waals surface area contributed by atoms with E-state index in [0.29, 0.717) is 11.8 Å². The van der Waals surface area contributed by atoms with E-state index in [1.807, 2.05) is 4.90 Å².